The highest BCUT2D eigenvalue weighted by molar-refractivity contribution is 7.20. The Labute approximate surface area is 162 Å². The minimum absolute atomic E-state index is 0.0372. The van der Waals surface area contributed by atoms with E-state index in [4.69, 9.17) is 4.74 Å². The van der Waals surface area contributed by atoms with Gasteiger partial charge in [0, 0.05) is 51.0 Å². The molecule has 3 heterocycles. The predicted molar refractivity (Wildman–Crippen MR) is 106 cm³/mol. The fraction of sp³-hybridized carbons (Fsp3) is 0.667. The zero-order valence-corrected chi connectivity index (χ0v) is 16.8. The van der Waals surface area contributed by atoms with Gasteiger partial charge < -0.3 is 15.0 Å². The number of aromatic nitrogens is 3. The summed E-state index contributed by atoms with van der Waals surface area (Å²) in [4.78, 5) is 31.8. The van der Waals surface area contributed by atoms with E-state index >= 15 is 0 Å². The van der Waals surface area contributed by atoms with E-state index in [1.165, 1.54) is 15.9 Å². The van der Waals surface area contributed by atoms with Crippen molar-refractivity contribution in [3.8, 4) is 0 Å². The summed E-state index contributed by atoms with van der Waals surface area (Å²) in [5, 5.41) is 8.23. The van der Waals surface area contributed by atoms with Crippen LogP contribution in [0.1, 0.15) is 38.3 Å². The van der Waals surface area contributed by atoms with Gasteiger partial charge in [0.15, 0.2) is 0 Å². The van der Waals surface area contributed by atoms with Crippen molar-refractivity contribution >= 4 is 27.3 Å². The number of hydrogen-bond acceptors (Lipinski definition) is 7. The topological polar surface area (TPSA) is 88.8 Å². The molecule has 9 heteroatoms. The molecule has 0 atom stereocenters. The molecule has 27 heavy (non-hydrogen) atoms. The van der Waals surface area contributed by atoms with Crippen LogP contribution in [-0.4, -0.2) is 53.9 Å². The molecule has 1 amide bonds. The van der Waals surface area contributed by atoms with Crippen LogP contribution in [0.3, 0.4) is 0 Å². The molecule has 1 fully saturated rings. The van der Waals surface area contributed by atoms with Crippen molar-refractivity contribution in [1.29, 1.82) is 0 Å². The second-order valence-electron chi connectivity index (χ2n) is 6.81. The summed E-state index contributed by atoms with van der Waals surface area (Å²) in [5.74, 6) is 0.160. The molecule has 2 aromatic heterocycles. The summed E-state index contributed by atoms with van der Waals surface area (Å²) in [6, 6.07) is 1.57. The van der Waals surface area contributed by atoms with Crippen LogP contribution in [0.5, 0.6) is 0 Å². The van der Waals surface area contributed by atoms with Crippen LogP contribution in [0.25, 0.3) is 4.96 Å². The SMILES string of the molecule is CCCc1cc(=O)n2nc(N3CCC(C(=O)NCCCOC)CC3)sc2n1. The maximum absolute atomic E-state index is 12.3. The van der Waals surface area contributed by atoms with Crippen molar-refractivity contribution in [2.45, 2.75) is 39.0 Å². The largest absolute Gasteiger partial charge is 0.385 e. The molecule has 3 rings (SSSR count). The van der Waals surface area contributed by atoms with Crippen LogP contribution in [0.2, 0.25) is 0 Å². The van der Waals surface area contributed by atoms with Gasteiger partial charge >= 0.3 is 0 Å². The Morgan fingerprint density at radius 1 is 1.41 bits per heavy atom. The molecular weight excluding hydrogens is 366 g/mol. The molecule has 2 aromatic rings. The van der Waals surface area contributed by atoms with Crippen molar-refractivity contribution in [1.82, 2.24) is 19.9 Å². The van der Waals surface area contributed by atoms with Gasteiger partial charge in [-0.1, -0.05) is 24.7 Å². The summed E-state index contributed by atoms with van der Waals surface area (Å²) < 4.78 is 6.38. The minimum Gasteiger partial charge on any atom is -0.385 e. The van der Waals surface area contributed by atoms with Gasteiger partial charge in [0.25, 0.3) is 5.56 Å². The lowest BCUT2D eigenvalue weighted by atomic mass is 9.96. The molecule has 0 aliphatic carbocycles. The average Bonchev–Trinajstić information content (AvgIpc) is 3.10. The fourth-order valence-corrected chi connectivity index (χ4v) is 4.24. The molecule has 0 saturated carbocycles. The van der Waals surface area contributed by atoms with E-state index < -0.39 is 0 Å². The van der Waals surface area contributed by atoms with Gasteiger partial charge in [-0.3, -0.25) is 9.59 Å². The van der Waals surface area contributed by atoms with E-state index in [1.807, 2.05) is 0 Å². The first kappa shape index (κ1) is 19.8. The number of nitrogens with zero attached hydrogens (tertiary/aromatic N) is 4. The predicted octanol–water partition coefficient (Wildman–Crippen LogP) is 1.47. The number of hydrogen-bond donors (Lipinski definition) is 1. The lowest BCUT2D eigenvalue weighted by molar-refractivity contribution is -0.125. The van der Waals surface area contributed by atoms with Crippen molar-refractivity contribution < 1.29 is 9.53 Å². The lowest BCUT2D eigenvalue weighted by Crippen LogP contribution is -2.41. The van der Waals surface area contributed by atoms with E-state index in [-0.39, 0.29) is 17.4 Å². The Kier molecular flexibility index (Phi) is 6.78. The Hall–Kier alpha value is -2.00. The Morgan fingerprint density at radius 2 is 2.19 bits per heavy atom. The number of amides is 1. The van der Waals surface area contributed by atoms with Gasteiger partial charge in [0.2, 0.25) is 16.0 Å². The molecule has 1 saturated heterocycles. The van der Waals surface area contributed by atoms with Crippen LogP contribution in [-0.2, 0) is 16.0 Å². The molecule has 0 aromatic carbocycles. The van der Waals surface area contributed by atoms with Crippen molar-refractivity contribution in [3.05, 3.63) is 22.1 Å². The normalized spacial score (nSPS) is 15.4. The van der Waals surface area contributed by atoms with Crippen LogP contribution in [0, 0.1) is 5.92 Å². The molecule has 1 aliphatic rings. The van der Waals surface area contributed by atoms with E-state index in [0.29, 0.717) is 18.1 Å². The molecule has 0 bridgehead atoms. The molecule has 148 valence electrons. The third-order valence-electron chi connectivity index (χ3n) is 4.75. The number of rotatable bonds is 8. The van der Waals surface area contributed by atoms with Gasteiger partial charge in [0.05, 0.1) is 0 Å². The number of carbonyl (C=O) groups is 1. The summed E-state index contributed by atoms with van der Waals surface area (Å²) >= 11 is 1.44. The summed E-state index contributed by atoms with van der Waals surface area (Å²) in [5.41, 5.74) is 0.692. The highest BCUT2D eigenvalue weighted by Gasteiger charge is 2.26. The van der Waals surface area contributed by atoms with Gasteiger partial charge in [0.1, 0.15) is 0 Å². The number of carbonyl (C=O) groups excluding carboxylic acids is 1. The first-order valence-electron chi connectivity index (χ1n) is 9.53. The quantitative estimate of drug-likeness (QED) is 0.684. The van der Waals surface area contributed by atoms with Crippen molar-refractivity contribution in [3.63, 3.8) is 0 Å². The molecule has 0 spiro atoms. The average molecular weight is 394 g/mol. The first-order chi connectivity index (χ1) is 13.1. The Balaban J connectivity index is 1.60. The Bertz CT molecular complexity index is 826. The van der Waals surface area contributed by atoms with Gasteiger partial charge in [-0.25, -0.2) is 4.98 Å². The zero-order chi connectivity index (χ0) is 19.2. The molecule has 0 unspecified atom stereocenters. The van der Waals surface area contributed by atoms with E-state index in [1.54, 1.807) is 13.2 Å². The van der Waals surface area contributed by atoms with Crippen LogP contribution in [0.4, 0.5) is 5.13 Å². The smallest absolute Gasteiger partial charge is 0.275 e. The van der Waals surface area contributed by atoms with Crippen molar-refractivity contribution in [2.24, 2.45) is 5.92 Å². The number of ether oxygens (including phenoxy) is 1. The first-order valence-corrected chi connectivity index (χ1v) is 10.4. The van der Waals surface area contributed by atoms with Crippen LogP contribution in [0.15, 0.2) is 10.9 Å². The fourth-order valence-electron chi connectivity index (χ4n) is 3.26. The standard InChI is InChI=1S/C18H27N5O3S/c1-3-5-14-12-15(24)23-17(20-14)27-18(21-23)22-9-6-13(7-10-22)16(25)19-8-4-11-26-2/h12-13H,3-11H2,1-2H3,(H,19,25). The minimum atomic E-state index is -0.128. The maximum atomic E-state index is 12.3. The second-order valence-corrected chi connectivity index (χ2v) is 7.75. The molecule has 8 nitrogen and oxygen atoms in total. The monoisotopic (exact) mass is 393 g/mol. The molecule has 0 radical (unpaired) electrons. The number of piperidine rings is 1. The number of methoxy groups -OCH3 is 1. The highest BCUT2D eigenvalue weighted by Crippen LogP contribution is 2.27. The van der Waals surface area contributed by atoms with Gasteiger partial charge in [-0.15, -0.1) is 5.10 Å². The zero-order valence-electron chi connectivity index (χ0n) is 15.9. The third-order valence-corrected chi connectivity index (χ3v) is 5.72. The Morgan fingerprint density at radius 3 is 2.89 bits per heavy atom. The molecular formula is C18H27N5O3S. The van der Waals surface area contributed by atoms with Crippen molar-refractivity contribution in [2.75, 3.05) is 38.3 Å². The number of anilines is 1. The van der Waals surface area contributed by atoms with E-state index in [9.17, 15) is 9.59 Å². The number of fused-ring (bicyclic) bond motifs is 1. The molecule has 1 aliphatic heterocycles. The number of aryl methyl sites for hydroxylation is 1. The summed E-state index contributed by atoms with van der Waals surface area (Å²) in [7, 11) is 1.66. The third kappa shape index (κ3) is 4.84. The number of nitrogens with one attached hydrogen (secondary N) is 1. The summed E-state index contributed by atoms with van der Waals surface area (Å²) in [6.45, 7) is 4.89. The lowest BCUT2D eigenvalue weighted by Gasteiger charge is -2.30. The van der Waals surface area contributed by atoms with Crippen LogP contribution >= 0.6 is 11.3 Å². The second kappa shape index (κ2) is 9.27. The highest BCUT2D eigenvalue weighted by atomic mass is 32.1. The van der Waals surface area contributed by atoms with E-state index in [0.717, 1.165) is 56.0 Å². The summed E-state index contributed by atoms with van der Waals surface area (Å²) in [6.07, 6.45) is 4.15. The van der Waals surface area contributed by atoms with Gasteiger partial charge in [-0.2, -0.15) is 4.52 Å². The van der Waals surface area contributed by atoms with Gasteiger partial charge in [-0.05, 0) is 25.7 Å². The molecule has 1 N–H and O–H groups in total. The van der Waals surface area contributed by atoms with Crippen LogP contribution < -0.4 is 15.8 Å². The van der Waals surface area contributed by atoms with E-state index in [2.05, 4.69) is 27.2 Å². The maximum Gasteiger partial charge on any atom is 0.275 e.